The molecule has 0 aromatic carbocycles. The summed E-state index contributed by atoms with van der Waals surface area (Å²) in [6.45, 7) is 9.12. The number of hydrogen-bond acceptors (Lipinski definition) is 2. The van der Waals surface area contributed by atoms with Crippen molar-refractivity contribution in [3.8, 4) is 6.26 Å². The van der Waals surface area contributed by atoms with Crippen molar-refractivity contribution in [2.75, 3.05) is 0 Å². The van der Waals surface area contributed by atoms with Crippen molar-refractivity contribution in [2.24, 2.45) is 0 Å². The van der Waals surface area contributed by atoms with Crippen LogP contribution in [0.2, 0.25) is 0 Å². The Hall–Kier alpha value is -1.49. The molecule has 0 saturated heterocycles. The minimum absolute atomic E-state index is 0.355. The Balaban J connectivity index is 3.67. The SMILES string of the molecule is C=C(C)C/C=C\C(=C)OC#N. The van der Waals surface area contributed by atoms with E-state index in [0.29, 0.717) is 5.76 Å². The summed E-state index contributed by atoms with van der Waals surface area (Å²) < 4.78 is 4.42. The largest absolute Gasteiger partial charge is 0.389 e. The van der Waals surface area contributed by atoms with Gasteiger partial charge in [-0.05, 0) is 19.4 Å². The van der Waals surface area contributed by atoms with E-state index < -0.39 is 0 Å². The molecule has 2 nitrogen and oxygen atoms in total. The van der Waals surface area contributed by atoms with Crippen molar-refractivity contribution in [1.82, 2.24) is 0 Å². The van der Waals surface area contributed by atoms with E-state index in [-0.39, 0.29) is 0 Å². The molecule has 0 saturated carbocycles. The smallest absolute Gasteiger partial charge is 0.292 e. The fraction of sp³-hybridized carbons (Fsp3) is 0.222. The molecule has 0 aliphatic heterocycles. The summed E-state index contributed by atoms with van der Waals surface area (Å²) in [5.74, 6) is 0.355. The second kappa shape index (κ2) is 5.31. The van der Waals surface area contributed by atoms with Crippen LogP contribution in [0, 0.1) is 11.5 Å². The quantitative estimate of drug-likeness (QED) is 0.266. The zero-order valence-corrected chi connectivity index (χ0v) is 6.63. The molecule has 0 aromatic rings. The molecular formula is C9H11NO. The maximum atomic E-state index is 8.06. The Morgan fingerprint density at radius 3 is 2.73 bits per heavy atom. The number of nitrogens with zero attached hydrogens (tertiary/aromatic N) is 1. The number of allylic oxidation sites excluding steroid dienone is 3. The summed E-state index contributed by atoms with van der Waals surface area (Å²) in [6, 6.07) is 0. The summed E-state index contributed by atoms with van der Waals surface area (Å²) in [4.78, 5) is 0. The van der Waals surface area contributed by atoms with Crippen molar-refractivity contribution in [1.29, 1.82) is 5.26 Å². The highest BCUT2D eigenvalue weighted by Gasteiger charge is 1.84. The van der Waals surface area contributed by atoms with Crippen LogP contribution < -0.4 is 0 Å². The van der Waals surface area contributed by atoms with Gasteiger partial charge in [0.25, 0.3) is 6.26 Å². The number of ether oxygens (including phenoxy) is 1. The zero-order chi connectivity index (χ0) is 8.69. The van der Waals surface area contributed by atoms with Crippen LogP contribution in [-0.4, -0.2) is 0 Å². The van der Waals surface area contributed by atoms with Crippen molar-refractivity contribution < 1.29 is 4.74 Å². The van der Waals surface area contributed by atoms with E-state index in [1.165, 1.54) is 6.26 Å². The maximum absolute atomic E-state index is 8.06. The second-order valence-corrected chi connectivity index (χ2v) is 2.22. The molecule has 0 bridgehead atoms. The van der Waals surface area contributed by atoms with E-state index in [1.807, 2.05) is 13.0 Å². The minimum atomic E-state index is 0.355. The highest BCUT2D eigenvalue weighted by atomic mass is 16.5. The first-order chi connectivity index (χ1) is 5.16. The van der Waals surface area contributed by atoms with Crippen LogP contribution in [0.25, 0.3) is 0 Å². The van der Waals surface area contributed by atoms with Gasteiger partial charge in [0, 0.05) is 0 Å². The number of nitriles is 1. The fourth-order valence-corrected chi connectivity index (χ4v) is 0.484. The number of hydrogen-bond donors (Lipinski definition) is 0. The van der Waals surface area contributed by atoms with Crippen molar-refractivity contribution in [2.45, 2.75) is 13.3 Å². The summed E-state index contributed by atoms with van der Waals surface area (Å²) in [6.07, 6.45) is 5.82. The normalized spacial score (nSPS) is 9.09. The molecule has 0 aliphatic carbocycles. The molecule has 0 aliphatic rings. The summed E-state index contributed by atoms with van der Waals surface area (Å²) >= 11 is 0. The van der Waals surface area contributed by atoms with Gasteiger partial charge in [-0.25, -0.2) is 0 Å². The summed E-state index contributed by atoms with van der Waals surface area (Å²) in [5, 5.41) is 8.06. The van der Waals surface area contributed by atoms with Gasteiger partial charge in [-0.15, -0.1) is 5.26 Å². The van der Waals surface area contributed by atoms with Gasteiger partial charge in [0.15, 0.2) is 0 Å². The Labute approximate surface area is 67.1 Å². The van der Waals surface area contributed by atoms with Crippen molar-refractivity contribution in [3.05, 3.63) is 36.6 Å². The van der Waals surface area contributed by atoms with Gasteiger partial charge < -0.3 is 4.74 Å². The lowest BCUT2D eigenvalue weighted by Gasteiger charge is -1.91. The van der Waals surface area contributed by atoms with Gasteiger partial charge in [-0.1, -0.05) is 24.8 Å². The van der Waals surface area contributed by atoms with Crippen LogP contribution in [0.4, 0.5) is 0 Å². The molecule has 0 radical (unpaired) electrons. The molecule has 0 rings (SSSR count). The molecule has 0 aromatic heterocycles. The lowest BCUT2D eigenvalue weighted by atomic mass is 10.2. The van der Waals surface area contributed by atoms with E-state index >= 15 is 0 Å². The first-order valence-electron chi connectivity index (χ1n) is 3.22. The second-order valence-electron chi connectivity index (χ2n) is 2.22. The molecule has 0 spiro atoms. The van der Waals surface area contributed by atoms with Gasteiger partial charge in [0.05, 0.1) is 0 Å². The van der Waals surface area contributed by atoms with E-state index in [0.717, 1.165) is 12.0 Å². The third-order valence-electron chi connectivity index (χ3n) is 0.947. The average molecular weight is 149 g/mol. The van der Waals surface area contributed by atoms with E-state index in [2.05, 4.69) is 17.9 Å². The standard InChI is InChI=1S/C9H11NO/c1-8(2)5-4-6-9(3)11-7-10/h4,6H,1,3,5H2,2H3/b6-4-. The molecule has 0 unspecified atom stereocenters. The van der Waals surface area contributed by atoms with Crippen molar-refractivity contribution in [3.63, 3.8) is 0 Å². The van der Waals surface area contributed by atoms with E-state index in [1.54, 1.807) is 6.08 Å². The Morgan fingerprint density at radius 2 is 2.27 bits per heavy atom. The molecule has 0 heterocycles. The van der Waals surface area contributed by atoms with Crippen molar-refractivity contribution >= 4 is 0 Å². The van der Waals surface area contributed by atoms with Gasteiger partial charge in [-0.2, -0.15) is 0 Å². The van der Waals surface area contributed by atoms with Crippen LogP contribution in [-0.2, 0) is 4.74 Å². The lowest BCUT2D eigenvalue weighted by molar-refractivity contribution is 0.395. The molecule has 0 amide bonds. The van der Waals surface area contributed by atoms with Crippen LogP contribution in [0.5, 0.6) is 0 Å². The van der Waals surface area contributed by atoms with Crippen LogP contribution in [0.3, 0.4) is 0 Å². The average Bonchev–Trinajstić information content (AvgIpc) is 1.87. The highest BCUT2D eigenvalue weighted by molar-refractivity contribution is 5.11. The van der Waals surface area contributed by atoms with E-state index in [4.69, 9.17) is 5.26 Å². The Bertz CT molecular complexity index is 220. The Kier molecular flexibility index (Phi) is 4.59. The minimum Gasteiger partial charge on any atom is -0.389 e. The first kappa shape index (κ1) is 9.51. The zero-order valence-electron chi connectivity index (χ0n) is 6.63. The lowest BCUT2D eigenvalue weighted by Crippen LogP contribution is -1.76. The maximum Gasteiger partial charge on any atom is 0.292 e. The highest BCUT2D eigenvalue weighted by Crippen LogP contribution is 2.00. The predicted molar refractivity (Wildman–Crippen MR) is 44.4 cm³/mol. The predicted octanol–water partition coefficient (Wildman–Crippen LogP) is 2.52. The van der Waals surface area contributed by atoms with Gasteiger partial charge in [0.1, 0.15) is 5.76 Å². The Morgan fingerprint density at radius 1 is 1.64 bits per heavy atom. The fourth-order valence-electron chi connectivity index (χ4n) is 0.484. The molecule has 58 valence electrons. The first-order valence-corrected chi connectivity index (χ1v) is 3.22. The molecule has 0 N–H and O–H groups in total. The van der Waals surface area contributed by atoms with Gasteiger partial charge >= 0.3 is 0 Å². The van der Waals surface area contributed by atoms with Gasteiger partial charge in [-0.3, -0.25) is 0 Å². The van der Waals surface area contributed by atoms with Crippen LogP contribution in [0.1, 0.15) is 13.3 Å². The summed E-state index contributed by atoms with van der Waals surface area (Å²) in [5.41, 5.74) is 1.06. The number of rotatable bonds is 4. The molecule has 2 heteroatoms. The van der Waals surface area contributed by atoms with Crippen LogP contribution in [0.15, 0.2) is 36.6 Å². The third-order valence-corrected chi connectivity index (χ3v) is 0.947. The third kappa shape index (κ3) is 6.39. The molecular weight excluding hydrogens is 138 g/mol. The molecule has 0 atom stereocenters. The monoisotopic (exact) mass is 149 g/mol. The molecule has 0 fully saturated rings. The van der Waals surface area contributed by atoms with Crippen LogP contribution >= 0.6 is 0 Å². The van der Waals surface area contributed by atoms with E-state index in [9.17, 15) is 0 Å². The summed E-state index contributed by atoms with van der Waals surface area (Å²) in [7, 11) is 0. The topological polar surface area (TPSA) is 33.0 Å². The van der Waals surface area contributed by atoms with Gasteiger partial charge in [0.2, 0.25) is 0 Å². The molecule has 11 heavy (non-hydrogen) atoms.